The van der Waals surface area contributed by atoms with Gasteiger partial charge in [0, 0.05) is 30.9 Å². The summed E-state index contributed by atoms with van der Waals surface area (Å²) in [7, 11) is 0. The quantitative estimate of drug-likeness (QED) is 0.872. The lowest BCUT2D eigenvalue weighted by Crippen LogP contribution is -2.38. The maximum Gasteiger partial charge on any atom is 0.262 e. The van der Waals surface area contributed by atoms with E-state index in [4.69, 9.17) is 4.74 Å². The van der Waals surface area contributed by atoms with E-state index in [2.05, 4.69) is 33.5 Å². The van der Waals surface area contributed by atoms with Crippen molar-refractivity contribution in [1.82, 2.24) is 4.98 Å². The van der Waals surface area contributed by atoms with Crippen molar-refractivity contribution in [2.24, 2.45) is 5.92 Å². The highest BCUT2D eigenvalue weighted by atomic mass is 16.5. The average Bonchev–Trinajstić information content (AvgIpc) is 2.68. The van der Waals surface area contributed by atoms with Crippen LogP contribution in [-0.4, -0.2) is 36.5 Å². The van der Waals surface area contributed by atoms with Crippen LogP contribution in [0.25, 0.3) is 0 Å². The summed E-state index contributed by atoms with van der Waals surface area (Å²) in [5.41, 5.74) is 2.40. The van der Waals surface area contributed by atoms with Gasteiger partial charge < -0.3 is 20.3 Å². The van der Waals surface area contributed by atoms with Crippen molar-refractivity contribution in [1.29, 1.82) is 0 Å². The zero-order chi connectivity index (χ0) is 18.8. The maximum absolute atomic E-state index is 12.6. The number of benzene rings is 1. The number of piperidine rings is 1. The molecule has 1 aromatic carbocycles. The van der Waals surface area contributed by atoms with Gasteiger partial charge in [0.25, 0.3) is 5.91 Å². The normalized spacial score (nSPS) is 16.9. The van der Waals surface area contributed by atoms with Gasteiger partial charge in [-0.1, -0.05) is 6.07 Å². The van der Waals surface area contributed by atoms with E-state index in [1.165, 1.54) is 0 Å². The Kier molecular flexibility index (Phi) is 4.66. The van der Waals surface area contributed by atoms with Crippen molar-refractivity contribution >= 4 is 29.0 Å². The van der Waals surface area contributed by atoms with Gasteiger partial charge in [-0.25, -0.2) is 4.98 Å². The second-order valence-electron chi connectivity index (χ2n) is 6.94. The van der Waals surface area contributed by atoms with Crippen LogP contribution in [0.15, 0.2) is 36.5 Å². The summed E-state index contributed by atoms with van der Waals surface area (Å²) in [4.78, 5) is 30.8. The molecule has 2 amide bonds. The summed E-state index contributed by atoms with van der Waals surface area (Å²) in [6.07, 6.45) is 3.37. The van der Waals surface area contributed by atoms with Crippen LogP contribution in [0.3, 0.4) is 0 Å². The highest BCUT2D eigenvalue weighted by Crippen LogP contribution is 2.31. The van der Waals surface area contributed by atoms with Crippen molar-refractivity contribution in [3.63, 3.8) is 0 Å². The first-order valence-corrected chi connectivity index (χ1v) is 9.14. The number of pyridine rings is 1. The fourth-order valence-corrected chi connectivity index (χ4v) is 3.57. The summed E-state index contributed by atoms with van der Waals surface area (Å²) >= 11 is 0. The van der Waals surface area contributed by atoms with Gasteiger partial charge in [0.2, 0.25) is 5.91 Å². The molecule has 2 aromatic rings. The SMILES string of the molecule is Cc1cccnc1N1CCC(C(=O)Nc2ccc3c(c2)NC(=O)CO3)CC1. The number of amides is 2. The molecule has 3 heterocycles. The number of ether oxygens (including phenoxy) is 1. The summed E-state index contributed by atoms with van der Waals surface area (Å²) in [5.74, 6) is 1.40. The Bertz CT molecular complexity index is 875. The number of hydrogen-bond donors (Lipinski definition) is 2. The molecule has 0 aliphatic carbocycles. The number of aryl methyl sites for hydroxylation is 1. The highest BCUT2D eigenvalue weighted by Gasteiger charge is 2.26. The van der Waals surface area contributed by atoms with Crippen LogP contribution >= 0.6 is 0 Å². The third-order valence-electron chi connectivity index (χ3n) is 5.03. The zero-order valence-corrected chi connectivity index (χ0v) is 15.2. The number of nitrogens with one attached hydrogen (secondary N) is 2. The molecule has 0 radical (unpaired) electrons. The summed E-state index contributed by atoms with van der Waals surface area (Å²) in [6, 6.07) is 9.28. The lowest BCUT2D eigenvalue weighted by molar-refractivity contribution is -0.120. The fraction of sp³-hybridized carbons (Fsp3) is 0.350. The van der Waals surface area contributed by atoms with Gasteiger partial charge >= 0.3 is 0 Å². The first-order chi connectivity index (χ1) is 13.1. The van der Waals surface area contributed by atoms with Gasteiger partial charge in [0.15, 0.2) is 6.61 Å². The predicted octanol–water partition coefficient (Wildman–Crippen LogP) is 2.58. The number of rotatable bonds is 3. The Morgan fingerprint density at radius 2 is 2.11 bits per heavy atom. The second kappa shape index (κ2) is 7.26. The molecule has 2 aliphatic rings. The summed E-state index contributed by atoms with van der Waals surface area (Å²) in [5, 5.41) is 5.72. The first kappa shape index (κ1) is 17.3. The molecule has 1 fully saturated rings. The third-order valence-corrected chi connectivity index (χ3v) is 5.03. The Morgan fingerprint density at radius 1 is 1.30 bits per heavy atom. The number of carbonyl (C=O) groups excluding carboxylic acids is 2. The molecule has 140 valence electrons. The van der Waals surface area contributed by atoms with E-state index in [1.54, 1.807) is 24.4 Å². The van der Waals surface area contributed by atoms with E-state index in [-0.39, 0.29) is 24.3 Å². The number of nitrogens with zero attached hydrogens (tertiary/aromatic N) is 2. The van der Waals surface area contributed by atoms with Crippen molar-refractivity contribution in [2.45, 2.75) is 19.8 Å². The number of fused-ring (bicyclic) bond motifs is 1. The maximum atomic E-state index is 12.6. The number of anilines is 3. The molecule has 4 rings (SSSR count). The van der Waals surface area contributed by atoms with Gasteiger partial charge in [-0.05, 0) is 49.6 Å². The number of hydrogen-bond acceptors (Lipinski definition) is 5. The minimum absolute atomic E-state index is 0.00963. The minimum Gasteiger partial charge on any atom is -0.482 e. The van der Waals surface area contributed by atoms with Gasteiger partial charge in [0.1, 0.15) is 11.6 Å². The molecular formula is C20H22N4O3. The van der Waals surface area contributed by atoms with E-state index < -0.39 is 0 Å². The van der Waals surface area contributed by atoms with Crippen LogP contribution in [-0.2, 0) is 9.59 Å². The van der Waals surface area contributed by atoms with E-state index >= 15 is 0 Å². The molecular weight excluding hydrogens is 344 g/mol. The molecule has 7 heteroatoms. The van der Waals surface area contributed by atoms with Crippen LogP contribution in [0.1, 0.15) is 18.4 Å². The molecule has 27 heavy (non-hydrogen) atoms. The molecule has 0 bridgehead atoms. The Labute approximate surface area is 157 Å². The predicted molar refractivity (Wildman–Crippen MR) is 103 cm³/mol. The van der Waals surface area contributed by atoms with Crippen molar-refractivity contribution in [2.75, 3.05) is 35.2 Å². The Balaban J connectivity index is 1.37. The van der Waals surface area contributed by atoms with E-state index in [9.17, 15) is 9.59 Å². The van der Waals surface area contributed by atoms with Gasteiger partial charge in [-0.2, -0.15) is 0 Å². The van der Waals surface area contributed by atoms with Crippen LogP contribution in [0, 0.1) is 12.8 Å². The average molecular weight is 366 g/mol. The highest BCUT2D eigenvalue weighted by molar-refractivity contribution is 5.98. The van der Waals surface area contributed by atoms with Crippen LogP contribution in [0.4, 0.5) is 17.2 Å². The summed E-state index contributed by atoms with van der Waals surface area (Å²) < 4.78 is 5.34. The van der Waals surface area contributed by atoms with Crippen molar-refractivity contribution in [3.05, 3.63) is 42.1 Å². The molecule has 7 nitrogen and oxygen atoms in total. The Hall–Kier alpha value is -3.09. The van der Waals surface area contributed by atoms with Gasteiger partial charge in [0.05, 0.1) is 5.69 Å². The van der Waals surface area contributed by atoms with Crippen LogP contribution in [0.2, 0.25) is 0 Å². The smallest absolute Gasteiger partial charge is 0.262 e. The summed E-state index contributed by atoms with van der Waals surface area (Å²) in [6.45, 7) is 3.70. The van der Waals surface area contributed by atoms with Crippen molar-refractivity contribution < 1.29 is 14.3 Å². The van der Waals surface area contributed by atoms with E-state index in [0.717, 1.165) is 37.3 Å². The number of carbonyl (C=O) groups is 2. The molecule has 1 aromatic heterocycles. The Morgan fingerprint density at radius 3 is 2.89 bits per heavy atom. The standard InChI is InChI=1S/C20H22N4O3/c1-13-3-2-8-21-19(13)24-9-6-14(7-10-24)20(26)22-15-4-5-17-16(11-15)23-18(25)12-27-17/h2-5,8,11,14H,6-7,9-10,12H2,1H3,(H,22,26)(H,23,25). The van der Waals surface area contributed by atoms with Gasteiger partial charge in [-0.15, -0.1) is 0 Å². The lowest BCUT2D eigenvalue weighted by Gasteiger charge is -2.33. The second-order valence-corrected chi connectivity index (χ2v) is 6.94. The monoisotopic (exact) mass is 366 g/mol. The molecule has 0 atom stereocenters. The molecule has 2 aliphatic heterocycles. The molecule has 0 saturated carbocycles. The fourth-order valence-electron chi connectivity index (χ4n) is 3.57. The molecule has 0 spiro atoms. The zero-order valence-electron chi connectivity index (χ0n) is 15.2. The van der Waals surface area contributed by atoms with E-state index in [1.807, 2.05) is 6.07 Å². The topological polar surface area (TPSA) is 83.6 Å². The van der Waals surface area contributed by atoms with Crippen molar-refractivity contribution in [3.8, 4) is 5.75 Å². The van der Waals surface area contributed by atoms with Gasteiger partial charge in [-0.3, -0.25) is 9.59 Å². The first-order valence-electron chi connectivity index (χ1n) is 9.14. The molecule has 2 N–H and O–H groups in total. The number of aromatic nitrogens is 1. The van der Waals surface area contributed by atoms with Crippen LogP contribution in [0.5, 0.6) is 5.75 Å². The largest absolute Gasteiger partial charge is 0.482 e. The molecule has 1 saturated heterocycles. The van der Waals surface area contributed by atoms with Crippen LogP contribution < -0.4 is 20.3 Å². The van der Waals surface area contributed by atoms with E-state index in [0.29, 0.717) is 17.1 Å². The molecule has 0 unspecified atom stereocenters. The minimum atomic E-state index is -0.192. The third kappa shape index (κ3) is 3.72. The lowest BCUT2D eigenvalue weighted by atomic mass is 9.95.